The maximum atomic E-state index is 10.7. The number of nitrogens with one attached hydrogen (secondary N) is 2. The average Bonchev–Trinajstić information content (AvgIpc) is 2.61. The van der Waals surface area contributed by atoms with Crippen molar-refractivity contribution in [3.63, 3.8) is 0 Å². The van der Waals surface area contributed by atoms with Crippen LogP contribution >= 0.6 is 35.4 Å². The summed E-state index contributed by atoms with van der Waals surface area (Å²) in [6, 6.07) is 9.37. The molecule has 2 aromatic carbocycles. The minimum Gasteiger partial charge on any atom is -0.394 e. The molecule has 138 valence electrons. The molecule has 0 aliphatic carbocycles. The van der Waals surface area contributed by atoms with Crippen molar-refractivity contribution in [2.75, 3.05) is 11.9 Å². The topological polar surface area (TPSA) is 108 Å². The van der Waals surface area contributed by atoms with Crippen molar-refractivity contribution >= 4 is 51.9 Å². The van der Waals surface area contributed by atoms with Crippen molar-refractivity contribution in [2.24, 2.45) is 0 Å². The van der Waals surface area contributed by atoms with Crippen molar-refractivity contribution in [3.05, 3.63) is 68.2 Å². The molecule has 0 aliphatic heterocycles. The van der Waals surface area contributed by atoms with Crippen LogP contribution in [0, 0.1) is 10.1 Å². The average molecular weight is 416 g/mol. The highest BCUT2D eigenvalue weighted by atomic mass is 35.5. The Balaban J connectivity index is 2.05. The van der Waals surface area contributed by atoms with E-state index in [1.807, 2.05) is 0 Å². The van der Waals surface area contributed by atoms with Gasteiger partial charge in [-0.2, -0.15) is 0 Å². The molecule has 7 nitrogen and oxygen atoms in total. The zero-order chi connectivity index (χ0) is 19.3. The molecule has 0 radical (unpaired) electrons. The predicted octanol–water partition coefficient (Wildman–Crippen LogP) is 3.28. The van der Waals surface area contributed by atoms with Gasteiger partial charge in [-0.1, -0.05) is 23.2 Å². The summed E-state index contributed by atoms with van der Waals surface area (Å²) in [6.07, 6.45) is -1.14. The van der Waals surface area contributed by atoms with Crippen LogP contribution in [0.3, 0.4) is 0 Å². The fourth-order valence-electron chi connectivity index (χ4n) is 2.17. The van der Waals surface area contributed by atoms with Gasteiger partial charge in [-0.25, -0.2) is 0 Å². The maximum Gasteiger partial charge on any atom is 0.269 e. The fraction of sp³-hybridized carbons (Fsp3) is 0.188. The number of benzene rings is 2. The first-order valence-electron chi connectivity index (χ1n) is 7.37. The smallest absolute Gasteiger partial charge is 0.269 e. The van der Waals surface area contributed by atoms with Crippen LogP contribution in [0.15, 0.2) is 42.5 Å². The Morgan fingerprint density at radius 2 is 1.88 bits per heavy atom. The standard InChI is InChI=1S/C16H15Cl2N3O4S/c17-10-3-6-13(12(18)7-10)19-16(26)20-14(8-22)15(23)9-1-4-11(5-2-9)21(24)25/h1-7,14-15,22-23H,8H2,(H2,19,20,26). The molecule has 0 spiro atoms. The molecule has 0 heterocycles. The van der Waals surface area contributed by atoms with E-state index in [1.54, 1.807) is 18.2 Å². The van der Waals surface area contributed by atoms with E-state index in [9.17, 15) is 20.3 Å². The second kappa shape index (κ2) is 9.11. The molecule has 2 unspecified atom stereocenters. The lowest BCUT2D eigenvalue weighted by Crippen LogP contribution is -2.43. The van der Waals surface area contributed by atoms with Gasteiger partial charge in [-0.15, -0.1) is 0 Å². The summed E-state index contributed by atoms with van der Waals surface area (Å²) in [4.78, 5) is 10.2. The number of hydrogen-bond acceptors (Lipinski definition) is 5. The lowest BCUT2D eigenvalue weighted by molar-refractivity contribution is -0.384. The van der Waals surface area contributed by atoms with E-state index >= 15 is 0 Å². The summed E-state index contributed by atoms with van der Waals surface area (Å²) in [7, 11) is 0. The number of thiocarbonyl (C=S) groups is 1. The molecule has 26 heavy (non-hydrogen) atoms. The Morgan fingerprint density at radius 3 is 2.42 bits per heavy atom. The number of halogens is 2. The minimum atomic E-state index is -1.14. The van der Waals surface area contributed by atoms with Crippen LogP contribution in [-0.2, 0) is 0 Å². The number of nitro benzene ring substituents is 1. The molecule has 0 saturated heterocycles. The molecule has 2 atom stereocenters. The lowest BCUT2D eigenvalue weighted by atomic mass is 10.0. The van der Waals surface area contributed by atoms with E-state index in [0.717, 1.165) is 0 Å². The molecule has 2 aromatic rings. The third-order valence-electron chi connectivity index (χ3n) is 3.52. The molecule has 2 rings (SSSR count). The molecule has 10 heteroatoms. The van der Waals surface area contributed by atoms with Crippen LogP contribution in [0.2, 0.25) is 10.0 Å². The van der Waals surface area contributed by atoms with Gasteiger partial charge in [0.05, 0.1) is 28.3 Å². The van der Waals surface area contributed by atoms with Gasteiger partial charge >= 0.3 is 0 Å². The van der Waals surface area contributed by atoms with E-state index in [4.69, 9.17) is 35.4 Å². The Bertz CT molecular complexity index is 805. The van der Waals surface area contributed by atoms with Crippen molar-refractivity contribution in [3.8, 4) is 0 Å². The minimum absolute atomic E-state index is 0.0935. The highest BCUT2D eigenvalue weighted by Crippen LogP contribution is 2.25. The Kier molecular flexibility index (Phi) is 7.13. The van der Waals surface area contributed by atoms with Crippen LogP contribution in [0.4, 0.5) is 11.4 Å². The quantitative estimate of drug-likeness (QED) is 0.325. The van der Waals surface area contributed by atoms with E-state index in [-0.39, 0.29) is 10.8 Å². The van der Waals surface area contributed by atoms with Crippen LogP contribution in [0.5, 0.6) is 0 Å². The number of rotatable bonds is 6. The largest absolute Gasteiger partial charge is 0.394 e. The van der Waals surface area contributed by atoms with E-state index in [2.05, 4.69) is 10.6 Å². The zero-order valence-electron chi connectivity index (χ0n) is 13.2. The Labute approximate surface area is 164 Å². The summed E-state index contributed by atoms with van der Waals surface area (Å²) < 4.78 is 0. The van der Waals surface area contributed by atoms with Crippen molar-refractivity contribution in [2.45, 2.75) is 12.1 Å². The third-order valence-corrected chi connectivity index (χ3v) is 4.29. The summed E-state index contributed by atoms with van der Waals surface area (Å²) >= 11 is 17.1. The van der Waals surface area contributed by atoms with Crippen LogP contribution in [-0.4, -0.2) is 32.9 Å². The number of hydrogen-bond donors (Lipinski definition) is 4. The van der Waals surface area contributed by atoms with Gasteiger partial charge in [0.15, 0.2) is 5.11 Å². The second-order valence-corrected chi connectivity index (χ2v) is 6.56. The molecular formula is C16H15Cl2N3O4S. The zero-order valence-corrected chi connectivity index (χ0v) is 15.6. The highest BCUT2D eigenvalue weighted by Gasteiger charge is 2.22. The first-order valence-corrected chi connectivity index (χ1v) is 8.54. The number of aliphatic hydroxyl groups excluding tert-OH is 2. The Hall–Kier alpha value is -1.97. The molecule has 0 amide bonds. The van der Waals surface area contributed by atoms with E-state index in [1.165, 1.54) is 24.3 Å². The summed E-state index contributed by atoms with van der Waals surface area (Å²) in [5, 5.41) is 37.2. The first-order chi connectivity index (χ1) is 12.3. The van der Waals surface area contributed by atoms with Gasteiger partial charge in [-0.3, -0.25) is 10.1 Å². The first kappa shape index (κ1) is 20.3. The van der Waals surface area contributed by atoms with Gasteiger partial charge in [-0.05, 0) is 48.1 Å². The maximum absolute atomic E-state index is 10.7. The highest BCUT2D eigenvalue weighted by molar-refractivity contribution is 7.80. The fourth-order valence-corrected chi connectivity index (χ4v) is 2.88. The van der Waals surface area contributed by atoms with Crippen LogP contribution < -0.4 is 10.6 Å². The van der Waals surface area contributed by atoms with E-state index < -0.39 is 23.7 Å². The third kappa shape index (κ3) is 5.26. The van der Waals surface area contributed by atoms with Crippen LogP contribution in [0.25, 0.3) is 0 Å². The molecule has 0 bridgehead atoms. The van der Waals surface area contributed by atoms with Crippen molar-refractivity contribution in [1.82, 2.24) is 5.32 Å². The van der Waals surface area contributed by atoms with Crippen molar-refractivity contribution in [1.29, 1.82) is 0 Å². The summed E-state index contributed by atoms with van der Waals surface area (Å²) in [6.45, 7) is -0.422. The van der Waals surface area contributed by atoms with Gasteiger partial charge in [0.1, 0.15) is 6.10 Å². The van der Waals surface area contributed by atoms with Gasteiger partial charge < -0.3 is 20.8 Å². The van der Waals surface area contributed by atoms with E-state index in [0.29, 0.717) is 21.3 Å². The molecule has 0 aliphatic rings. The number of nitro groups is 1. The number of aliphatic hydroxyl groups is 2. The number of nitrogens with zero attached hydrogens (tertiary/aromatic N) is 1. The SMILES string of the molecule is O=[N+]([O-])c1ccc(C(O)C(CO)NC(=S)Nc2ccc(Cl)cc2Cl)cc1. The lowest BCUT2D eigenvalue weighted by Gasteiger charge is -2.24. The number of anilines is 1. The molecule has 0 saturated carbocycles. The summed E-state index contributed by atoms with van der Waals surface area (Å²) in [5.41, 5.74) is 0.814. The summed E-state index contributed by atoms with van der Waals surface area (Å²) in [5.74, 6) is 0. The molecular weight excluding hydrogens is 401 g/mol. The molecule has 4 N–H and O–H groups in total. The predicted molar refractivity (Wildman–Crippen MR) is 105 cm³/mol. The van der Waals surface area contributed by atoms with Crippen molar-refractivity contribution < 1.29 is 15.1 Å². The molecule has 0 aromatic heterocycles. The van der Waals surface area contributed by atoms with Gasteiger partial charge in [0, 0.05) is 17.2 Å². The second-order valence-electron chi connectivity index (χ2n) is 5.31. The van der Waals surface area contributed by atoms with Gasteiger partial charge in [0.2, 0.25) is 0 Å². The normalized spacial score (nSPS) is 12.9. The number of non-ortho nitro benzene ring substituents is 1. The Morgan fingerprint density at radius 1 is 1.23 bits per heavy atom. The monoisotopic (exact) mass is 415 g/mol. The molecule has 0 fully saturated rings. The van der Waals surface area contributed by atoms with Gasteiger partial charge in [0.25, 0.3) is 5.69 Å². The van der Waals surface area contributed by atoms with Crippen LogP contribution in [0.1, 0.15) is 11.7 Å².